The predicted molar refractivity (Wildman–Crippen MR) is 167 cm³/mol. The average Bonchev–Trinajstić information content (AvgIpc) is 3.30. The molecule has 2 heterocycles. The minimum absolute atomic E-state index is 0.358. The SMILES string of the molecule is CN(C)c1ccc2c(c1)Oc1cc(Cl)c(N(Cc3ccccc3)Cc3ccccc3)cc1C21OC(=O)c2ccccc21. The lowest BCUT2D eigenvalue weighted by Crippen LogP contribution is -2.34. The van der Waals surface area contributed by atoms with Gasteiger partial charge in [0.15, 0.2) is 5.60 Å². The number of ether oxygens (including phenoxy) is 2. The first kappa shape index (κ1) is 26.2. The molecule has 0 N–H and O–H groups in total. The number of fused-ring (bicyclic) bond motifs is 6. The fraction of sp³-hybridized carbons (Fsp3) is 0.139. The minimum atomic E-state index is -1.17. The topological polar surface area (TPSA) is 42.0 Å². The summed E-state index contributed by atoms with van der Waals surface area (Å²) in [6.07, 6.45) is 0. The molecule has 0 aliphatic carbocycles. The van der Waals surface area contributed by atoms with Crippen molar-refractivity contribution in [2.45, 2.75) is 18.7 Å². The zero-order valence-corrected chi connectivity index (χ0v) is 24.1. The van der Waals surface area contributed by atoms with Crippen LogP contribution in [0, 0.1) is 0 Å². The number of rotatable bonds is 6. The molecule has 42 heavy (non-hydrogen) atoms. The molecule has 0 radical (unpaired) electrons. The van der Waals surface area contributed by atoms with Crippen molar-refractivity contribution in [3.8, 4) is 11.5 Å². The van der Waals surface area contributed by atoms with Crippen molar-refractivity contribution in [3.05, 3.63) is 154 Å². The fourth-order valence-electron chi connectivity index (χ4n) is 6.02. The lowest BCUT2D eigenvalue weighted by Gasteiger charge is -2.38. The summed E-state index contributed by atoms with van der Waals surface area (Å²) in [5, 5.41) is 0.556. The van der Waals surface area contributed by atoms with Crippen molar-refractivity contribution in [1.82, 2.24) is 0 Å². The van der Waals surface area contributed by atoms with Gasteiger partial charge in [0.1, 0.15) is 11.5 Å². The number of nitrogens with zero attached hydrogens (tertiary/aromatic N) is 2. The van der Waals surface area contributed by atoms with Crippen LogP contribution >= 0.6 is 11.6 Å². The highest BCUT2D eigenvalue weighted by Gasteiger charge is 2.53. The van der Waals surface area contributed by atoms with E-state index < -0.39 is 5.60 Å². The van der Waals surface area contributed by atoms with E-state index in [-0.39, 0.29) is 5.97 Å². The Morgan fingerprint density at radius 2 is 1.31 bits per heavy atom. The number of hydrogen-bond donors (Lipinski definition) is 0. The Bertz CT molecular complexity index is 1760. The normalized spacial score (nSPS) is 16.2. The van der Waals surface area contributed by atoms with Crippen LogP contribution in [-0.4, -0.2) is 20.1 Å². The second kappa shape index (κ2) is 10.3. The van der Waals surface area contributed by atoms with E-state index in [9.17, 15) is 4.79 Å². The van der Waals surface area contributed by atoms with Gasteiger partial charge in [-0.25, -0.2) is 4.79 Å². The molecule has 1 atom stereocenters. The van der Waals surface area contributed by atoms with E-state index in [0.29, 0.717) is 35.2 Å². The van der Waals surface area contributed by atoms with Gasteiger partial charge in [0, 0.05) is 61.7 Å². The van der Waals surface area contributed by atoms with Crippen LogP contribution in [0.25, 0.3) is 0 Å². The van der Waals surface area contributed by atoms with Gasteiger partial charge in [0.25, 0.3) is 0 Å². The molecular weight excluding hydrogens is 544 g/mol. The summed E-state index contributed by atoms with van der Waals surface area (Å²) in [7, 11) is 3.97. The second-order valence-corrected chi connectivity index (χ2v) is 11.3. The number of halogens is 1. The molecule has 5 nitrogen and oxygen atoms in total. The summed E-state index contributed by atoms with van der Waals surface area (Å²) in [6, 6.07) is 38.2. The first-order chi connectivity index (χ1) is 20.4. The molecule has 0 saturated carbocycles. The third kappa shape index (κ3) is 4.29. The van der Waals surface area contributed by atoms with E-state index in [0.717, 1.165) is 39.2 Å². The van der Waals surface area contributed by atoms with Gasteiger partial charge in [-0.05, 0) is 35.4 Å². The molecule has 0 fully saturated rings. The van der Waals surface area contributed by atoms with Crippen LogP contribution in [-0.2, 0) is 23.4 Å². The smallest absolute Gasteiger partial charge is 0.340 e. The molecule has 0 aromatic heterocycles. The third-order valence-corrected chi connectivity index (χ3v) is 8.36. The first-order valence-electron chi connectivity index (χ1n) is 13.9. The van der Waals surface area contributed by atoms with Gasteiger partial charge in [-0.2, -0.15) is 0 Å². The van der Waals surface area contributed by atoms with Crippen LogP contribution in [0.2, 0.25) is 5.02 Å². The predicted octanol–water partition coefficient (Wildman–Crippen LogP) is 8.18. The Balaban J connectivity index is 1.44. The largest absolute Gasteiger partial charge is 0.456 e. The number of carbonyl (C=O) groups is 1. The summed E-state index contributed by atoms with van der Waals surface area (Å²) in [5.74, 6) is 0.839. The van der Waals surface area contributed by atoms with Crippen molar-refractivity contribution >= 4 is 28.9 Å². The highest BCUT2D eigenvalue weighted by Crippen LogP contribution is 2.58. The number of benzene rings is 5. The number of hydrogen-bond acceptors (Lipinski definition) is 5. The Morgan fingerprint density at radius 3 is 1.98 bits per heavy atom. The van der Waals surface area contributed by atoms with E-state index >= 15 is 0 Å². The van der Waals surface area contributed by atoms with Crippen LogP contribution in [0.4, 0.5) is 11.4 Å². The van der Waals surface area contributed by atoms with Gasteiger partial charge in [0.2, 0.25) is 0 Å². The number of esters is 1. The average molecular weight is 573 g/mol. The molecule has 1 unspecified atom stereocenters. The molecule has 7 rings (SSSR count). The van der Waals surface area contributed by atoms with Crippen molar-refractivity contribution < 1.29 is 14.3 Å². The van der Waals surface area contributed by atoms with Crippen LogP contribution in [0.3, 0.4) is 0 Å². The monoisotopic (exact) mass is 572 g/mol. The molecule has 0 amide bonds. The third-order valence-electron chi connectivity index (χ3n) is 8.05. The molecule has 2 aliphatic heterocycles. The van der Waals surface area contributed by atoms with Crippen LogP contribution in [0.5, 0.6) is 11.5 Å². The van der Waals surface area contributed by atoms with Crippen molar-refractivity contribution in [1.29, 1.82) is 0 Å². The first-order valence-corrected chi connectivity index (χ1v) is 14.3. The zero-order valence-electron chi connectivity index (χ0n) is 23.4. The lowest BCUT2D eigenvalue weighted by molar-refractivity contribution is 0.0224. The van der Waals surface area contributed by atoms with Gasteiger partial charge in [-0.1, -0.05) is 90.5 Å². The Morgan fingerprint density at radius 1 is 0.690 bits per heavy atom. The highest BCUT2D eigenvalue weighted by molar-refractivity contribution is 6.33. The maximum atomic E-state index is 13.4. The van der Waals surface area contributed by atoms with Crippen LogP contribution in [0.15, 0.2) is 115 Å². The van der Waals surface area contributed by atoms with Crippen LogP contribution in [0.1, 0.15) is 38.2 Å². The quantitative estimate of drug-likeness (QED) is 0.192. The summed E-state index contributed by atoms with van der Waals surface area (Å²) < 4.78 is 13.0. The molecule has 5 aromatic carbocycles. The van der Waals surface area contributed by atoms with E-state index in [1.165, 1.54) is 0 Å². The fourth-order valence-corrected chi connectivity index (χ4v) is 6.30. The molecule has 0 saturated heterocycles. The molecule has 5 aromatic rings. The van der Waals surface area contributed by atoms with Gasteiger partial charge < -0.3 is 19.3 Å². The van der Waals surface area contributed by atoms with Crippen LogP contribution < -0.4 is 14.5 Å². The minimum Gasteiger partial charge on any atom is -0.456 e. The molecule has 2 aliphatic rings. The summed E-state index contributed by atoms with van der Waals surface area (Å²) in [5.41, 5.74) is 5.83. The van der Waals surface area contributed by atoms with Crippen molar-refractivity contribution in [2.75, 3.05) is 23.9 Å². The summed E-state index contributed by atoms with van der Waals surface area (Å²) in [4.78, 5) is 17.7. The Labute approximate surface area is 250 Å². The van der Waals surface area contributed by atoms with E-state index in [1.807, 2.05) is 110 Å². The highest BCUT2D eigenvalue weighted by atomic mass is 35.5. The molecule has 6 heteroatoms. The summed E-state index contributed by atoms with van der Waals surface area (Å²) in [6.45, 7) is 1.28. The van der Waals surface area contributed by atoms with Gasteiger partial charge in [0.05, 0.1) is 16.3 Å². The van der Waals surface area contributed by atoms with Gasteiger partial charge in [-0.3, -0.25) is 0 Å². The maximum Gasteiger partial charge on any atom is 0.340 e. The number of carbonyl (C=O) groups excluding carboxylic acids is 1. The lowest BCUT2D eigenvalue weighted by atomic mass is 9.77. The number of anilines is 2. The Hall–Kier alpha value is -4.74. The van der Waals surface area contributed by atoms with Crippen molar-refractivity contribution in [2.24, 2.45) is 0 Å². The molecular formula is C36H29ClN2O3. The standard InChI is InChI=1S/C36H29ClN2O3/c1-38(2)26-17-18-29-33(19-26)41-34-21-31(37)32(20-30(34)36(29)28-16-10-9-15-27(28)35(40)42-36)39(22-24-11-5-3-6-12-24)23-25-13-7-4-8-14-25/h3-21H,22-23H2,1-2H3. The zero-order chi connectivity index (χ0) is 28.8. The van der Waals surface area contributed by atoms with Gasteiger partial charge >= 0.3 is 5.97 Å². The molecule has 208 valence electrons. The molecule has 0 bridgehead atoms. The van der Waals surface area contributed by atoms with E-state index in [2.05, 4.69) is 29.2 Å². The van der Waals surface area contributed by atoms with E-state index in [4.69, 9.17) is 21.1 Å². The van der Waals surface area contributed by atoms with Crippen molar-refractivity contribution in [3.63, 3.8) is 0 Å². The van der Waals surface area contributed by atoms with E-state index in [1.54, 1.807) is 0 Å². The van der Waals surface area contributed by atoms with Gasteiger partial charge in [-0.15, -0.1) is 0 Å². The maximum absolute atomic E-state index is 13.4. The summed E-state index contributed by atoms with van der Waals surface area (Å²) >= 11 is 7.08. The Kier molecular flexibility index (Phi) is 6.40. The second-order valence-electron chi connectivity index (χ2n) is 10.9. The molecule has 1 spiro atoms.